The molecule has 0 aliphatic heterocycles. The van der Waals surface area contributed by atoms with Crippen LogP contribution in [0.2, 0.25) is 0 Å². The summed E-state index contributed by atoms with van der Waals surface area (Å²) in [4.78, 5) is 36.6. The van der Waals surface area contributed by atoms with E-state index >= 15 is 0 Å². The Labute approximate surface area is 183 Å². The van der Waals surface area contributed by atoms with Gasteiger partial charge in [0.05, 0.1) is 4.90 Å². The highest BCUT2D eigenvalue weighted by molar-refractivity contribution is 7.89. The van der Waals surface area contributed by atoms with E-state index < -0.39 is 34.0 Å². The molecular weight excluding hydrogens is 422 g/mol. The van der Waals surface area contributed by atoms with Crippen LogP contribution in [-0.4, -0.2) is 55.7 Å². The second-order valence-electron chi connectivity index (χ2n) is 7.57. The molecule has 0 unspecified atom stereocenters. The Morgan fingerprint density at radius 3 is 2.32 bits per heavy atom. The van der Waals surface area contributed by atoms with E-state index in [1.807, 2.05) is 0 Å². The molecule has 1 aromatic carbocycles. The third-order valence-electron chi connectivity index (χ3n) is 5.31. The van der Waals surface area contributed by atoms with Crippen LogP contribution < -0.4 is 10.6 Å². The van der Waals surface area contributed by atoms with Crippen molar-refractivity contribution in [2.75, 3.05) is 25.0 Å². The highest BCUT2D eigenvalue weighted by atomic mass is 32.2. The number of carbonyl (C=O) groups excluding carboxylic acids is 3. The van der Waals surface area contributed by atoms with Crippen LogP contribution in [0.5, 0.6) is 0 Å². The summed E-state index contributed by atoms with van der Waals surface area (Å²) < 4.78 is 31.8. The lowest BCUT2D eigenvalue weighted by atomic mass is 9.81. The van der Waals surface area contributed by atoms with Gasteiger partial charge in [-0.1, -0.05) is 39.2 Å². The number of nitrogens with one attached hydrogen (secondary N) is 2. The van der Waals surface area contributed by atoms with Crippen molar-refractivity contribution in [2.24, 2.45) is 0 Å². The fourth-order valence-corrected chi connectivity index (χ4v) is 5.29. The molecule has 0 aromatic heterocycles. The molecule has 2 amide bonds. The lowest BCUT2D eigenvalue weighted by Gasteiger charge is -2.35. The van der Waals surface area contributed by atoms with Crippen molar-refractivity contribution in [3.63, 3.8) is 0 Å². The maximum Gasteiger partial charge on any atom is 0.332 e. The van der Waals surface area contributed by atoms with Gasteiger partial charge in [0, 0.05) is 25.7 Å². The van der Waals surface area contributed by atoms with Crippen LogP contribution >= 0.6 is 0 Å². The second kappa shape index (κ2) is 10.7. The molecule has 1 aliphatic carbocycles. The van der Waals surface area contributed by atoms with E-state index in [-0.39, 0.29) is 16.5 Å². The number of rotatable bonds is 9. The van der Waals surface area contributed by atoms with Crippen LogP contribution in [0.1, 0.15) is 52.9 Å². The van der Waals surface area contributed by atoms with Crippen molar-refractivity contribution in [3.8, 4) is 0 Å². The maximum absolute atomic E-state index is 12.7. The number of ether oxygens (including phenoxy) is 1. The summed E-state index contributed by atoms with van der Waals surface area (Å²) in [5.41, 5.74) is -0.814. The molecule has 0 spiro atoms. The Morgan fingerprint density at radius 2 is 1.74 bits per heavy atom. The Bertz CT molecular complexity index is 905. The van der Waals surface area contributed by atoms with E-state index in [4.69, 9.17) is 4.74 Å². The van der Waals surface area contributed by atoms with Crippen molar-refractivity contribution in [2.45, 2.75) is 63.3 Å². The molecule has 0 heterocycles. The molecule has 1 fully saturated rings. The lowest BCUT2D eigenvalue weighted by molar-refractivity contribution is -0.157. The number of hydrogen-bond donors (Lipinski definition) is 2. The SMILES string of the molecule is CCN(CC)S(=O)(=O)c1cccc(NC(=O)COC(=O)C2(NC(C)=O)CCCCC2)c1. The minimum absolute atomic E-state index is 0.0674. The molecular formula is C21H31N3O6S. The zero-order valence-corrected chi connectivity index (χ0v) is 19.1. The van der Waals surface area contributed by atoms with Gasteiger partial charge in [-0.2, -0.15) is 4.31 Å². The van der Waals surface area contributed by atoms with Crippen LogP contribution in [0.4, 0.5) is 5.69 Å². The molecule has 9 nitrogen and oxygen atoms in total. The van der Waals surface area contributed by atoms with Crippen LogP contribution in [0, 0.1) is 0 Å². The zero-order valence-electron chi connectivity index (χ0n) is 18.3. The van der Waals surface area contributed by atoms with Crippen molar-refractivity contribution < 1.29 is 27.5 Å². The number of benzene rings is 1. The van der Waals surface area contributed by atoms with Crippen molar-refractivity contribution >= 4 is 33.5 Å². The van der Waals surface area contributed by atoms with E-state index in [2.05, 4.69) is 10.6 Å². The minimum Gasteiger partial charge on any atom is -0.454 e. The van der Waals surface area contributed by atoms with Gasteiger partial charge in [0.15, 0.2) is 6.61 Å². The van der Waals surface area contributed by atoms with E-state index in [1.54, 1.807) is 19.9 Å². The van der Waals surface area contributed by atoms with E-state index in [9.17, 15) is 22.8 Å². The minimum atomic E-state index is -3.66. The summed E-state index contributed by atoms with van der Waals surface area (Å²) in [6.45, 7) is 4.98. The number of carbonyl (C=O) groups is 3. The lowest BCUT2D eigenvalue weighted by Crippen LogP contribution is -2.56. The standard InChI is InChI=1S/C21H31N3O6S/c1-4-24(5-2)31(28,29)18-11-9-10-17(14-18)22-19(26)15-30-20(27)21(23-16(3)25)12-7-6-8-13-21/h9-11,14H,4-8,12-13,15H2,1-3H3,(H,22,26)(H,23,25). The number of amides is 2. The third-order valence-corrected chi connectivity index (χ3v) is 7.35. The fraction of sp³-hybridized carbons (Fsp3) is 0.571. The first-order valence-corrected chi connectivity index (χ1v) is 11.9. The molecule has 0 atom stereocenters. The van der Waals surface area contributed by atoms with Gasteiger partial charge in [-0.25, -0.2) is 13.2 Å². The molecule has 1 aromatic rings. The molecule has 1 aliphatic rings. The summed E-state index contributed by atoms with van der Waals surface area (Å²) in [5.74, 6) is -1.55. The average Bonchev–Trinajstić information content (AvgIpc) is 2.73. The van der Waals surface area contributed by atoms with E-state index in [0.717, 1.165) is 19.3 Å². The molecule has 2 rings (SSSR count). The Morgan fingerprint density at radius 1 is 1.10 bits per heavy atom. The topological polar surface area (TPSA) is 122 Å². The highest BCUT2D eigenvalue weighted by Gasteiger charge is 2.42. The number of anilines is 1. The summed E-state index contributed by atoms with van der Waals surface area (Å²) in [5, 5.41) is 5.25. The molecule has 0 saturated heterocycles. The first-order valence-electron chi connectivity index (χ1n) is 10.5. The third kappa shape index (κ3) is 6.27. The molecule has 0 bridgehead atoms. The van der Waals surface area contributed by atoms with Gasteiger partial charge >= 0.3 is 5.97 Å². The smallest absolute Gasteiger partial charge is 0.332 e. The first kappa shape index (κ1) is 24.8. The predicted octanol–water partition coefficient (Wildman–Crippen LogP) is 2.04. The average molecular weight is 454 g/mol. The van der Waals surface area contributed by atoms with Crippen LogP contribution in [0.25, 0.3) is 0 Å². The maximum atomic E-state index is 12.7. The van der Waals surface area contributed by atoms with Crippen molar-refractivity contribution in [1.82, 2.24) is 9.62 Å². The molecule has 1 saturated carbocycles. The van der Waals surface area contributed by atoms with Crippen molar-refractivity contribution in [1.29, 1.82) is 0 Å². The monoisotopic (exact) mass is 453 g/mol. The normalized spacial score (nSPS) is 15.9. The van der Waals surface area contributed by atoms with Gasteiger partial charge < -0.3 is 15.4 Å². The van der Waals surface area contributed by atoms with Gasteiger partial charge in [0.2, 0.25) is 15.9 Å². The summed E-state index contributed by atoms with van der Waals surface area (Å²) >= 11 is 0. The molecule has 172 valence electrons. The van der Waals surface area contributed by atoms with Gasteiger partial charge in [0.1, 0.15) is 5.54 Å². The second-order valence-corrected chi connectivity index (χ2v) is 9.50. The predicted molar refractivity (Wildman–Crippen MR) is 116 cm³/mol. The zero-order chi connectivity index (χ0) is 23.1. The molecule has 31 heavy (non-hydrogen) atoms. The Hall–Kier alpha value is -2.46. The number of esters is 1. The largest absolute Gasteiger partial charge is 0.454 e. The number of sulfonamides is 1. The van der Waals surface area contributed by atoms with Gasteiger partial charge in [-0.3, -0.25) is 9.59 Å². The van der Waals surface area contributed by atoms with E-state index in [0.29, 0.717) is 25.9 Å². The number of hydrogen-bond acceptors (Lipinski definition) is 6. The van der Waals surface area contributed by atoms with Gasteiger partial charge in [0.25, 0.3) is 5.91 Å². The quantitative estimate of drug-likeness (QED) is 0.552. The van der Waals surface area contributed by atoms with Crippen LogP contribution in [0.3, 0.4) is 0 Å². The van der Waals surface area contributed by atoms with Crippen LogP contribution in [0.15, 0.2) is 29.2 Å². The Balaban J connectivity index is 2.03. The number of nitrogens with zero attached hydrogens (tertiary/aromatic N) is 1. The molecule has 0 radical (unpaired) electrons. The van der Waals surface area contributed by atoms with Gasteiger partial charge in [-0.15, -0.1) is 0 Å². The summed E-state index contributed by atoms with van der Waals surface area (Å²) in [6.07, 6.45) is 3.49. The summed E-state index contributed by atoms with van der Waals surface area (Å²) in [7, 11) is -3.66. The van der Waals surface area contributed by atoms with Crippen molar-refractivity contribution in [3.05, 3.63) is 24.3 Å². The van der Waals surface area contributed by atoms with Crippen LogP contribution in [-0.2, 0) is 29.1 Å². The Kier molecular flexibility index (Phi) is 8.58. The highest BCUT2D eigenvalue weighted by Crippen LogP contribution is 2.29. The fourth-order valence-electron chi connectivity index (χ4n) is 3.79. The van der Waals surface area contributed by atoms with Gasteiger partial charge in [-0.05, 0) is 31.0 Å². The van der Waals surface area contributed by atoms with E-state index in [1.165, 1.54) is 29.4 Å². The first-order chi connectivity index (χ1) is 14.6. The molecule has 2 N–H and O–H groups in total. The summed E-state index contributed by atoms with van der Waals surface area (Å²) in [6, 6.07) is 5.92. The molecule has 10 heteroatoms.